The molecule has 94 valence electrons. The molecule has 0 saturated carbocycles. The van der Waals surface area contributed by atoms with E-state index < -0.39 is 5.97 Å². The minimum atomic E-state index is -0.841. The first-order valence-corrected chi connectivity index (χ1v) is 6.88. The van der Waals surface area contributed by atoms with E-state index in [1.807, 2.05) is 6.26 Å². The van der Waals surface area contributed by atoms with E-state index in [1.165, 1.54) is 0 Å². The maximum atomic E-state index is 11.7. The molecule has 0 heterocycles. The summed E-state index contributed by atoms with van der Waals surface area (Å²) in [7, 11) is 1.80. The number of carbonyl (C=O) groups excluding carboxylic acids is 1. The summed E-state index contributed by atoms with van der Waals surface area (Å²) in [5.41, 5.74) is 0. The van der Waals surface area contributed by atoms with Crippen molar-refractivity contribution in [3.63, 3.8) is 0 Å². The Labute approximate surface area is 101 Å². The molecule has 0 aliphatic heterocycles. The number of amides is 1. The van der Waals surface area contributed by atoms with Crippen LogP contribution in [0, 0.1) is 0 Å². The van der Waals surface area contributed by atoms with Gasteiger partial charge in [0.25, 0.3) is 0 Å². The van der Waals surface area contributed by atoms with Crippen LogP contribution in [0.1, 0.15) is 32.6 Å². The zero-order chi connectivity index (χ0) is 12.6. The number of aliphatic carboxylic acids is 1. The maximum absolute atomic E-state index is 11.7. The summed E-state index contributed by atoms with van der Waals surface area (Å²) < 4.78 is 0. The summed E-state index contributed by atoms with van der Waals surface area (Å²) in [6.07, 6.45) is 3.77. The predicted molar refractivity (Wildman–Crippen MR) is 66.7 cm³/mol. The minimum Gasteiger partial charge on any atom is -0.481 e. The number of rotatable bonds is 8. The predicted octanol–water partition coefficient (Wildman–Crippen LogP) is 1.84. The fourth-order valence-corrected chi connectivity index (χ4v) is 2.31. The van der Waals surface area contributed by atoms with E-state index in [0.717, 1.165) is 12.2 Å². The molecule has 16 heavy (non-hydrogen) atoms. The molecule has 1 atom stereocenters. The van der Waals surface area contributed by atoms with Crippen molar-refractivity contribution < 1.29 is 14.7 Å². The Balaban J connectivity index is 4.00. The molecule has 0 bridgehead atoms. The van der Waals surface area contributed by atoms with Crippen LogP contribution in [0.2, 0.25) is 0 Å². The molecule has 0 saturated heterocycles. The van der Waals surface area contributed by atoms with E-state index in [1.54, 1.807) is 23.7 Å². The van der Waals surface area contributed by atoms with Gasteiger partial charge in [-0.2, -0.15) is 11.8 Å². The van der Waals surface area contributed by atoms with Crippen LogP contribution in [0.4, 0.5) is 0 Å². The monoisotopic (exact) mass is 247 g/mol. The molecule has 0 spiro atoms. The first-order valence-electron chi connectivity index (χ1n) is 5.49. The second kappa shape index (κ2) is 8.44. The SMILES string of the molecule is CCC(CSC)N(C)C(=O)CCCC(=O)O. The van der Waals surface area contributed by atoms with Gasteiger partial charge in [0.2, 0.25) is 5.91 Å². The highest BCUT2D eigenvalue weighted by molar-refractivity contribution is 7.98. The minimum absolute atomic E-state index is 0.0437. The third kappa shape index (κ3) is 6.00. The maximum Gasteiger partial charge on any atom is 0.303 e. The highest BCUT2D eigenvalue weighted by Gasteiger charge is 2.17. The van der Waals surface area contributed by atoms with Gasteiger partial charge in [-0.15, -0.1) is 0 Å². The standard InChI is InChI=1S/C11H21NO3S/c1-4-9(8-16-3)12(2)10(13)6-5-7-11(14)15/h9H,4-8H2,1-3H3,(H,14,15). The molecule has 4 nitrogen and oxygen atoms in total. The molecule has 1 unspecified atom stereocenters. The number of carbonyl (C=O) groups is 2. The number of hydrogen-bond donors (Lipinski definition) is 1. The first kappa shape index (κ1) is 15.3. The Morgan fingerprint density at radius 2 is 2.00 bits per heavy atom. The van der Waals surface area contributed by atoms with Gasteiger partial charge in [-0.05, 0) is 19.1 Å². The van der Waals surface area contributed by atoms with Gasteiger partial charge in [0.1, 0.15) is 0 Å². The molecule has 0 aliphatic rings. The lowest BCUT2D eigenvalue weighted by Gasteiger charge is -2.26. The van der Waals surface area contributed by atoms with Gasteiger partial charge in [-0.25, -0.2) is 0 Å². The van der Waals surface area contributed by atoms with Gasteiger partial charge in [-0.1, -0.05) is 6.92 Å². The lowest BCUT2D eigenvalue weighted by Crippen LogP contribution is -2.38. The lowest BCUT2D eigenvalue weighted by molar-refractivity contribution is -0.137. The number of hydrogen-bond acceptors (Lipinski definition) is 3. The van der Waals surface area contributed by atoms with Crippen molar-refractivity contribution in [2.24, 2.45) is 0 Å². The zero-order valence-electron chi connectivity index (χ0n) is 10.2. The van der Waals surface area contributed by atoms with Crippen molar-refractivity contribution in [2.45, 2.75) is 38.6 Å². The molecule has 0 aromatic rings. The summed E-state index contributed by atoms with van der Waals surface area (Å²) in [6.45, 7) is 2.06. The van der Waals surface area contributed by atoms with Crippen molar-refractivity contribution >= 4 is 23.6 Å². The van der Waals surface area contributed by atoms with Crippen LogP contribution in [0.5, 0.6) is 0 Å². The number of carboxylic acids is 1. The second-order valence-electron chi connectivity index (χ2n) is 3.77. The highest BCUT2D eigenvalue weighted by atomic mass is 32.2. The van der Waals surface area contributed by atoms with E-state index in [0.29, 0.717) is 12.8 Å². The van der Waals surface area contributed by atoms with Crippen molar-refractivity contribution in [3.8, 4) is 0 Å². The molecule has 0 aromatic heterocycles. The van der Waals surface area contributed by atoms with Crippen LogP contribution in [-0.4, -0.2) is 47.0 Å². The van der Waals surface area contributed by atoms with Crippen molar-refractivity contribution in [3.05, 3.63) is 0 Å². The van der Waals surface area contributed by atoms with Crippen molar-refractivity contribution in [1.82, 2.24) is 4.90 Å². The third-order valence-corrected chi connectivity index (χ3v) is 3.27. The second-order valence-corrected chi connectivity index (χ2v) is 4.68. The summed E-state index contributed by atoms with van der Waals surface area (Å²) in [5, 5.41) is 8.48. The van der Waals surface area contributed by atoms with Gasteiger partial charge in [0, 0.05) is 31.7 Å². The van der Waals surface area contributed by atoms with E-state index in [-0.39, 0.29) is 18.4 Å². The van der Waals surface area contributed by atoms with E-state index >= 15 is 0 Å². The smallest absolute Gasteiger partial charge is 0.303 e. The summed E-state index contributed by atoms with van der Waals surface area (Å²) in [5.74, 6) is 0.131. The Hall–Kier alpha value is -0.710. The average molecular weight is 247 g/mol. The average Bonchev–Trinajstić information content (AvgIpc) is 2.24. The van der Waals surface area contributed by atoms with E-state index in [9.17, 15) is 9.59 Å². The quantitative estimate of drug-likeness (QED) is 0.711. The number of carboxylic acid groups (broad SMARTS) is 1. The lowest BCUT2D eigenvalue weighted by atomic mass is 10.2. The summed E-state index contributed by atoms with van der Waals surface area (Å²) >= 11 is 1.72. The largest absolute Gasteiger partial charge is 0.481 e. The third-order valence-electron chi connectivity index (χ3n) is 2.55. The summed E-state index contributed by atoms with van der Waals surface area (Å²) in [4.78, 5) is 23.8. The van der Waals surface area contributed by atoms with Gasteiger partial charge < -0.3 is 10.0 Å². The molecule has 1 amide bonds. The Morgan fingerprint density at radius 1 is 1.38 bits per heavy atom. The highest BCUT2D eigenvalue weighted by Crippen LogP contribution is 2.10. The van der Waals surface area contributed by atoms with Crippen LogP contribution >= 0.6 is 11.8 Å². The molecule has 1 N–H and O–H groups in total. The van der Waals surface area contributed by atoms with E-state index in [4.69, 9.17) is 5.11 Å². The Kier molecular flexibility index (Phi) is 8.07. The topological polar surface area (TPSA) is 57.6 Å². The Bertz CT molecular complexity index is 233. The van der Waals surface area contributed by atoms with Crippen LogP contribution in [-0.2, 0) is 9.59 Å². The van der Waals surface area contributed by atoms with Crippen molar-refractivity contribution in [2.75, 3.05) is 19.1 Å². The van der Waals surface area contributed by atoms with Gasteiger partial charge in [0.15, 0.2) is 0 Å². The summed E-state index contributed by atoms with van der Waals surface area (Å²) in [6, 6.07) is 0.257. The molecule has 0 rings (SSSR count). The van der Waals surface area contributed by atoms with Crippen LogP contribution in [0.3, 0.4) is 0 Å². The Morgan fingerprint density at radius 3 is 2.44 bits per heavy atom. The van der Waals surface area contributed by atoms with Gasteiger partial charge in [-0.3, -0.25) is 9.59 Å². The van der Waals surface area contributed by atoms with Crippen molar-refractivity contribution in [1.29, 1.82) is 0 Å². The normalized spacial score (nSPS) is 12.2. The molecule has 5 heteroatoms. The molecule has 0 radical (unpaired) electrons. The van der Waals surface area contributed by atoms with Crippen LogP contribution in [0.15, 0.2) is 0 Å². The molecular weight excluding hydrogens is 226 g/mol. The number of nitrogens with zero attached hydrogens (tertiary/aromatic N) is 1. The zero-order valence-corrected chi connectivity index (χ0v) is 11.0. The fraction of sp³-hybridized carbons (Fsp3) is 0.818. The number of thioether (sulfide) groups is 1. The molecule has 0 aliphatic carbocycles. The molecule has 0 fully saturated rings. The van der Waals surface area contributed by atoms with Crippen LogP contribution < -0.4 is 0 Å². The van der Waals surface area contributed by atoms with Gasteiger partial charge in [0.05, 0.1) is 0 Å². The molecular formula is C11H21NO3S. The van der Waals surface area contributed by atoms with Gasteiger partial charge >= 0.3 is 5.97 Å². The van der Waals surface area contributed by atoms with E-state index in [2.05, 4.69) is 6.92 Å². The first-order chi connectivity index (χ1) is 7.52. The van der Waals surface area contributed by atoms with Crippen LogP contribution in [0.25, 0.3) is 0 Å². The fourth-order valence-electron chi connectivity index (χ4n) is 1.47. The molecule has 0 aromatic carbocycles.